The number of fused-ring (bicyclic) bond motifs is 1. The number of unbranched alkanes of at least 4 members (excludes halogenated alkanes) is 3. The predicted octanol–water partition coefficient (Wildman–Crippen LogP) is -3.93. The van der Waals surface area contributed by atoms with Crippen LogP contribution in [0.3, 0.4) is 0 Å². The van der Waals surface area contributed by atoms with Crippen LogP contribution in [0.15, 0.2) is 41.3 Å². The first kappa shape index (κ1) is 50.7. The monoisotopic (exact) mass is 921 g/mol. The molecule has 3 fully saturated rings. The molecule has 0 spiro atoms. The fourth-order valence-electron chi connectivity index (χ4n) is 7.40. The van der Waals surface area contributed by atoms with Gasteiger partial charge in [-0.25, -0.2) is 17.9 Å². The Labute approximate surface area is 363 Å². The SMILES string of the molecule is CO[C@H]1[C@H](O)[C@@H](O)[C@H](OC[C@H]2O[C@@H](OC[C@H]3O[C@@H](OCCCCCCNC(=O)CNS(=O)(=O)c4cccc5c(N(C)C)cccc45)[C@H](O)[C@@H](O)[C@H]3O)[C@H](O)[C@@H](O)[C@H]2O)O[C@@H]1C(=O)O. The number of anilines is 1. The second-order valence-corrected chi connectivity index (χ2v) is 17.4. The van der Waals surface area contributed by atoms with Crippen molar-refractivity contribution >= 4 is 38.4 Å². The Balaban J connectivity index is 1.01. The van der Waals surface area contributed by atoms with Crippen LogP contribution in [-0.2, 0) is 52.8 Å². The molecule has 63 heavy (non-hydrogen) atoms. The molecule has 15 atom stereocenters. The van der Waals surface area contributed by atoms with Crippen molar-refractivity contribution in [1.82, 2.24) is 10.0 Å². The average molecular weight is 922 g/mol. The Bertz CT molecular complexity index is 1910. The lowest BCUT2D eigenvalue weighted by atomic mass is 9.98. The van der Waals surface area contributed by atoms with Crippen molar-refractivity contribution in [1.29, 1.82) is 0 Å². The molecule has 0 radical (unpaired) electrons. The van der Waals surface area contributed by atoms with Gasteiger partial charge in [0.05, 0.1) is 24.7 Å². The summed E-state index contributed by atoms with van der Waals surface area (Å²) in [7, 11) is 0.831. The van der Waals surface area contributed by atoms with Crippen LogP contribution in [0.1, 0.15) is 25.7 Å². The third-order valence-corrected chi connectivity index (χ3v) is 12.4. The number of carbonyl (C=O) groups excluding carboxylic acids is 1. The molecule has 0 saturated carbocycles. The van der Waals surface area contributed by atoms with Crippen molar-refractivity contribution < 1.29 is 97.1 Å². The number of carboxylic acids is 1. The smallest absolute Gasteiger partial charge is 0.335 e. The Hall–Kier alpha value is -3.25. The summed E-state index contributed by atoms with van der Waals surface area (Å²) < 4.78 is 66.6. The number of aliphatic hydroxyl groups excluding tert-OH is 8. The maximum atomic E-state index is 13.1. The number of aliphatic carboxylic acids is 1. The highest BCUT2D eigenvalue weighted by Crippen LogP contribution is 2.31. The zero-order valence-electron chi connectivity index (χ0n) is 34.9. The van der Waals surface area contributed by atoms with Gasteiger partial charge in [-0.15, -0.1) is 0 Å². The van der Waals surface area contributed by atoms with Crippen LogP contribution in [0.2, 0.25) is 0 Å². The summed E-state index contributed by atoms with van der Waals surface area (Å²) in [6.07, 6.45) is -22.7. The summed E-state index contributed by atoms with van der Waals surface area (Å²) in [6.45, 7) is -1.37. The fourth-order valence-corrected chi connectivity index (χ4v) is 8.60. The summed E-state index contributed by atoms with van der Waals surface area (Å²) in [5.41, 5.74) is 0.851. The van der Waals surface area contributed by atoms with Gasteiger partial charge in [-0.3, -0.25) is 4.79 Å². The first-order valence-electron chi connectivity index (χ1n) is 20.3. The fraction of sp³-hybridized carbons (Fsp3) is 0.692. The van der Waals surface area contributed by atoms with Crippen LogP contribution in [-0.4, -0.2) is 212 Å². The van der Waals surface area contributed by atoms with Gasteiger partial charge >= 0.3 is 5.97 Å². The lowest BCUT2D eigenvalue weighted by Gasteiger charge is -2.43. The molecule has 24 heteroatoms. The van der Waals surface area contributed by atoms with Crippen LogP contribution in [0.4, 0.5) is 5.69 Å². The summed E-state index contributed by atoms with van der Waals surface area (Å²) in [6, 6.07) is 10.3. The quantitative estimate of drug-likeness (QED) is 0.0533. The van der Waals surface area contributed by atoms with E-state index >= 15 is 0 Å². The Morgan fingerprint density at radius 3 is 1.81 bits per heavy atom. The Morgan fingerprint density at radius 1 is 0.683 bits per heavy atom. The van der Waals surface area contributed by atoms with Gasteiger partial charge in [0.15, 0.2) is 25.0 Å². The van der Waals surface area contributed by atoms with Gasteiger partial charge in [-0.05, 0) is 25.0 Å². The van der Waals surface area contributed by atoms with E-state index in [4.69, 9.17) is 33.2 Å². The van der Waals surface area contributed by atoms with Gasteiger partial charge in [-0.2, -0.15) is 0 Å². The minimum absolute atomic E-state index is 0.0580. The first-order chi connectivity index (χ1) is 29.9. The number of nitrogens with one attached hydrogen (secondary N) is 2. The van der Waals surface area contributed by atoms with E-state index in [1.54, 1.807) is 18.2 Å². The maximum Gasteiger partial charge on any atom is 0.335 e. The number of sulfonamides is 1. The first-order valence-corrected chi connectivity index (χ1v) is 21.8. The molecule has 0 aliphatic carbocycles. The highest BCUT2D eigenvalue weighted by molar-refractivity contribution is 7.89. The summed E-state index contributed by atoms with van der Waals surface area (Å²) in [4.78, 5) is 26.0. The second-order valence-electron chi connectivity index (χ2n) is 15.6. The van der Waals surface area contributed by atoms with E-state index in [-0.39, 0.29) is 18.0 Å². The Morgan fingerprint density at radius 2 is 1.22 bits per heavy atom. The number of carboxylic acid groups (broad SMARTS) is 1. The van der Waals surface area contributed by atoms with Gasteiger partial charge in [0.1, 0.15) is 67.1 Å². The molecule has 0 bridgehead atoms. The topological polar surface area (TPSA) is 342 Å². The lowest BCUT2D eigenvalue weighted by molar-refractivity contribution is -0.341. The molecule has 3 saturated heterocycles. The van der Waals surface area contributed by atoms with E-state index in [0.29, 0.717) is 31.1 Å². The Kier molecular flexibility index (Phi) is 18.3. The highest BCUT2D eigenvalue weighted by Gasteiger charge is 2.51. The summed E-state index contributed by atoms with van der Waals surface area (Å²) >= 11 is 0. The predicted molar refractivity (Wildman–Crippen MR) is 215 cm³/mol. The van der Waals surface area contributed by atoms with Crippen molar-refractivity contribution in [3.05, 3.63) is 36.4 Å². The molecule has 5 rings (SSSR count). The number of hydrogen-bond donors (Lipinski definition) is 11. The van der Waals surface area contributed by atoms with Crippen molar-refractivity contribution in [2.24, 2.45) is 0 Å². The van der Waals surface area contributed by atoms with Crippen LogP contribution < -0.4 is 14.9 Å². The van der Waals surface area contributed by atoms with Crippen molar-refractivity contribution in [3.8, 4) is 0 Å². The maximum absolute atomic E-state index is 13.1. The number of benzene rings is 2. The second kappa shape index (κ2) is 22.8. The van der Waals surface area contributed by atoms with Crippen molar-refractivity contribution in [2.75, 3.05) is 59.0 Å². The number of aliphatic hydroxyl groups is 8. The average Bonchev–Trinajstić information content (AvgIpc) is 3.26. The van der Waals surface area contributed by atoms with Crippen LogP contribution in [0, 0.1) is 0 Å². The molecule has 2 aromatic rings. The molecular weight excluding hydrogens is 862 g/mol. The van der Waals surface area contributed by atoms with Gasteiger partial charge in [-0.1, -0.05) is 37.1 Å². The van der Waals surface area contributed by atoms with Gasteiger partial charge < -0.3 is 89.3 Å². The molecule has 356 valence electrons. The van der Waals surface area contributed by atoms with E-state index in [0.717, 1.165) is 18.2 Å². The minimum atomic E-state index is -4.00. The zero-order valence-corrected chi connectivity index (χ0v) is 35.7. The standard InChI is InChI=1S/C39H59N3O20S/c1-42(2)21-12-8-11-20-19(21)10-9-13-24(20)63(54,55)41-16-25(43)40-14-6-4-5-7-15-57-37-31(49)28(46)26(44)22(60-37)17-58-38-32(50)29(47)27(45)23(61-38)18-59-39-33(51)30(48)34(56-3)35(62-39)36(52)53/h8-13,22-23,26-35,37-39,41,44-51H,4-7,14-18H2,1-3H3,(H,40,43)(H,52,53)/t22-,23-,26+,27+,28+,29+,30-,31-,32-,33-,34+,35+,37-,38-,39-/m1/s1. The minimum Gasteiger partial charge on any atom is -0.479 e. The summed E-state index contributed by atoms with van der Waals surface area (Å²) in [5, 5.41) is 97.4. The molecule has 0 unspecified atom stereocenters. The van der Waals surface area contributed by atoms with Gasteiger partial charge in [0.2, 0.25) is 15.9 Å². The van der Waals surface area contributed by atoms with E-state index in [9.17, 15) is 64.0 Å². The van der Waals surface area contributed by atoms with Crippen LogP contribution in [0.25, 0.3) is 10.8 Å². The van der Waals surface area contributed by atoms with Crippen molar-refractivity contribution in [2.45, 2.75) is 123 Å². The number of hydrogen-bond acceptors (Lipinski definition) is 20. The number of amides is 1. The number of rotatable bonds is 21. The van der Waals surface area contributed by atoms with E-state index < -0.39 is 134 Å². The van der Waals surface area contributed by atoms with Crippen LogP contribution >= 0.6 is 0 Å². The molecule has 3 aliphatic rings. The third kappa shape index (κ3) is 12.4. The van der Waals surface area contributed by atoms with E-state index in [1.807, 2.05) is 31.1 Å². The van der Waals surface area contributed by atoms with Crippen LogP contribution in [0.5, 0.6) is 0 Å². The molecule has 3 aliphatic heterocycles. The number of methoxy groups -OCH3 is 1. The molecule has 2 aromatic carbocycles. The number of carbonyl (C=O) groups is 2. The molecular formula is C39H59N3O20S. The normalized spacial score (nSPS) is 33.9. The number of nitrogens with zero attached hydrogens (tertiary/aromatic N) is 1. The zero-order chi connectivity index (χ0) is 46.2. The van der Waals surface area contributed by atoms with E-state index in [1.165, 1.54) is 6.07 Å². The lowest BCUT2D eigenvalue weighted by Crippen LogP contribution is -2.63. The molecule has 1 amide bonds. The molecule has 0 aromatic heterocycles. The molecule has 11 N–H and O–H groups in total. The van der Waals surface area contributed by atoms with Gasteiger partial charge in [0.25, 0.3) is 0 Å². The largest absolute Gasteiger partial charge is 0.479 e. The number of ether oxygens (including phenoxy) is 7. The summed E-state index contributed by atoms with van der Waals surface area (Å²) in [5.74, 6) is -2.02. The van der Waals surface area contributed by atoms with E-state index in [2.05, 4.69) is 10.0 Å². The van der Waals surface area contributed by atoms with Crippen molar-refractivity contribution in [3.63, 3.8) is 0 Å². The molecule has 3 heterocycles. The van der Waals surface area contributed by atoms with Gasteiger partial charge in [0, 0.05) is 50.8 Å². The highest BCUT2D eigenvalue weighted by atomic mass is 32.2. The molecule has 23 nitrogen and oxygen atoms in total. The third-order valence-electron chi connectivity index (χ3n) is 11.0.